The van der Waals surface area contributed by atoms with E-state index in [0.29, 0.717) is 6.42 Å². The van der Waals surface area contributed by atoms with Crippen LogP contribution in [0.2, 0.25) is 0 Å². The molecule has 1 aliphatic carbocycles. The molecule has 20 heavy (non-hydrogen) atoms. The van der Waals surface area contributed by atoms with Gasteiger partial charge in [0.05, 0.1) is 6.61 Å². The highest BCUT2D eigenvalue weighted by atomic mass is 16.2. The summed E-state index contributed by atoms with van der Waals surface area (Å²) >= 11 is 0. The molecule has 3 heteroatoms. The number of aliphatic hydroxyl groups excluding tert-OH is 1. The lowest BCUT2D eigenvalue weighted by molar-refractivity contribution is -0.124. The van der Waals surface area contributed by atoms with Crippen LogP contribution in [0.5, 0.6) is 0 Å². The SMILES string of the molecule is CC1(C(=O)Nc2ccc(C#CCCO)cc2)CCCC1. The van der Waals surface area contributed by atoms with Crippen molar-refractivity contribution < 1.29 is 9.90 Å². The minimum absolute atomic E-state index is 0.0831. The largest absolute Gasteiger partial charge is 0.395 e. The first-order chi connectivity index (χ1) is 9.64. The van der Waals surface area contributed by atoms with E-state index in [0.717, 1.165) is 36.9 Å². The highest BCUT2D eigenvalue weighted by molar-refractivity contribution is 5.95. The summed E-state index contributed by atoms with van der Waals surface area (Å²) in [6, 6.07) is 7.52. The van der Waals surface area contributed by atoms with Gasteiger partial charge < -0.3 is 10.4 Å². The van der Waals surface area contributed by atoms with E-state index in [-0.39, 0.29) is 17.9 Å². The molecule has 0 unspecified atom stereocenters. The van der Waals surface area contributed by atoms with E-state index in [4.69, 9.17) is 5.11 Å². The van der Waals surface area contributed by atoms with Crippen LogP contribution in [0.25, 0.3) is 0 Å². The molecule has 2 N–H and O–H groups in total. The van der Waals surface area contributed by atoms with E-state index in [1.807, 2.05) is 31.2 Å². The quantitative estimate of drug-likeness (QED) is 0.830. The van der Waals surface area contributed by atoms with Crippen molar-refractivity contribution in [3.8, 4) is 11.8 Å². The number of aliphatic hydroxyl groups is 1. The van der Waals surface area contributed by atoms with Crippen molar-refractivity contribution in [1.29, 1.82) is 0 Å². The molecule has 0 radical (unpaired) electrons. The molecule has 2 rings (SSSR count). The number of carbonyl (C=O) groups is 1. The highest BCUT2D eigenvalue weighted by Crippen LogP contribution is 2.38. The number of anilines is 1. The Labute approximate surface area is 120 Å². The third-order valence-electron chi connectivity index (χ3n) is 3.87. The first kappa shape index (κ1) is 14.6. The molecule has 1 aliphatic rings. The molecule has 0 saturated heterocycles. The molecule has 0 bridgehead atoms. The van der Waals surface area contributed by atoms with Gasteiger partial charge >= 0.3 is 0 Å². The summed E-state index contributed by atoms with van der Waals surface area (Å²) in [5.41, 5.74) is 1.50. The minimum Gasteiger partial charge on any atom is -0.395 e. The topological polar surface area (TPSA) is 49.3 Å². The predicted molar refractivity (Wildman–Crippen MR) is 80.2 cm³/mol. The molecule has 1 saturated carbocycles. The fourth-order valence-electron chi connectivity index (χ4n) is 2.52. The molecule has 3 nitrogen and oxygen atoms in total. The summed E-state index contributed by atoms with van der Waals surface area (Å²) < 4.78 is 0. The summed E-state index contributed by atoms with van der Waals surface area (Å²) in [5.74, 6) is 5.96. The smallest absolute Gasteiger partial charge is 0.230 e. The van der Waals surface area contributed by atoms with Crippen LogP contribution in [0.1, 0.15) is 44.6 Å². The normalized spacial score (nSPS) is 16.3. The lowest BCUT2D eigenvalue weighted by Crippen LogP contribution is -2.30. The Kier molecular flexibility index (Phi) is 4.81. The third kappa shape index (κ3) is 3.61. The number of amides is 1. The molecule has 0 aliphatic heterocycles. The van der Waals surface area contributed by atoms with Crippen molar-refractivity contribution in [2.45, 2.75) is 39.0 Å². The van der Waals surface area contributed by atoms with E-state index in [1.54, 1.807) is 0 Å². The third-order valence-corrected chi connectivity index (χ3v) is 3.87. The molecule has 0 aromatic heterocycles. The number of hydrogen-bond acceptors (Lipinski definition) is 2. The van der Waals surface area contributed by atoms with Crippen LogP contribution in [-0.4, -0.2) is 17.6 Å². The first-order valence-electron chi connectivity index (χ1n) is 7.15. The molecule has 106 valence electrons. The van der Waals surface area contributed by atoms with Gasteiger partial charge in [-0.25, -0.2) is 0 Å². The summed E-state index contributed by atoms with van der Waals surface area (Å²) in [6.07, 6.45) is 4.72. The summed E-state index contributed by atoms with van der Waals surface area (Å²) in [4.78, 5) is 12.3. The van der Waals surface area contributed by atoms with Gasteiger partial charge in [-0.3, -0.25) is 4.79 Å². The summed E-state index contributed by atoms with van der Waals surface area (Å²) in [6.45, 7) is 2.13. The Bertz CT molecular complexity index is 516. The maximum absolute atomic E-state index is 12.3. The van der Waals surface area contributed by atoms with Gasteiger partial charge in [0.1, 0.15) is 0 Å². The van der Waals surface area contributed by atoms with E-state index in [2.05, 4.69) is 17.2 Å². The molecular weight excluding hydrogens is 250 g/mol. The molecule has 0 spiro atoms. The second kappa shape index (κ2) is 6.58. The highest BCUT2D eigenvalue weighted by Gasteiger charge is 2.36. The predicted octanol–water partition coefficient (Wildman–Crippen LogP) is 2.94. The number of hydrogen-bond donors (Lipinski definition) is 2. The van der Waals surface area contributed by atoms with Crippen molar-refractivity contribution in [3.05, 3.63) is 29.8 Å². The van der Waals surface area contributed by atoms with E-state index < -0.39 is 0 Å². The molecule has 1 aromatic rings. The molecule has 0 atom stereocenters. The van der Waals surface area contributed by atoms with Crippen LogP contribution in [0.4, 0.5) is 5.69 Å². The average Bonchev–Trinajstić information content (AvgIpc) is 2.89. The Balaban J connectivity index is 1.97. The lowest BCUT2D eigenvalue weighted by Gasteiger charge is -2.22. The van der Waals surface area contributed by atoms with Crippen LogP contribution >= 0.6 is 0 Å². The van der Waals surface area contributed by atoms with E-state index in [1.165, 1.54) is 0 Å². The second-order valence-electron chi connectivity index (χ2n) is 5.57. The van der Waals surface area contributed by atoms with Crippen molar-refractivity contribution in [3.63, 3.8) is 0 Å². The van der Waals surface area contributed by atoms with Gasteiger partial charge in [0.15, 0.2) is 0 Å². The zero-order valence-corrected chi connectivity index (χ0v) is 11.9. The number of nitrogens with one attached hydrogen (secondary N) is 1. The number of rotatable bonds is 3. The molecule has 0 heterocycles. The monoisotopic (exact) mass is 271 g/mol. The van der Waals surface area contributed by atoms with E-state index >= 15 is 0 Å². The van der Waals surface area contributed by atoms with Gasteiger partial charge in [-0.2, -0.15) is 0 Å². The minimum atomic E-state index is -0.209. The zero-order valence-electron chi connectivity index (χ0n) is 11.9. The molecular formula is C17H21NO2. The van der Waals surface area contributed by atoms with Crippen molar-refractivity contribution >= 4 is 11.6 Å². The Morgan fingerprint density at radius 2 is 1.95 bits per heavy atom. The zero-order chi connectivity index (χ0) is 14.4. The Hall–Kier alpha value is -1.79. The summed E-state index contributed by atoms with van der Waals surface area (Å²) in [7, 11) is 0. The molecule has 1 aromatic carbocycles. The Morgan fingerprint density at radius 1 is 1.30 bits per heavy atom. The van der Waals surface area contributed by atoms with Gasteiger partial charge in [-0.15, -0.1) is 0 Å². The maximum atomic E-state index is 12.3. The summed E-state index contributed by atoms with van der Waals surface area (Å²) in [5, 5.41) is 11.7. The van der Waals surface area contributed by atoms with Crippen LogP contribution in [0.15, 0.2) is 24.3 Å². The van der Waals surface area contributed by atoms with Gasteiger partial charge in [-0.1, -0.05) is 31.6 Å². The number of carbonyl (C=O) groups excluding carboxylic acids is 1. The maximum Gasteiger partial charge on any atom is 0.230 e. The van der Waals surface area contributed by atoms with Gasteiger partial charge in [-0.05, 0) is 37.1 Å². The molecule has 1 amide bonds. The van der Waals surface area contributed by atoms with Gasteiger partial charge in [0, 0.05) is 23.1 Å². The standard InChI is InChI=1S/C17H21NO2/c1-17(11-3-4-12-17)16(20)18-15-9-7-14(8-10-15)6-2-5-13-19/h7-10,19H,3-5,11-13H2,1H3,(H,18,20). The van der Waals surface area contributed by atoms with Crippen LogP contribution in [0.3, 0.4) is 0 Å². The lowest BCUT2D eigenvalue weighted by atomic mass is 9.88. The first-order valence-corrected chi connectivity index (χ1v) is 7.15. The Morgan fingerprint density at radius 3 is 2.55 bits per heavy atom. The number of benzene rings is 1. The van der Waals surface area contributed by atoms with Gasteiger partial charge in [0.25, 0.3) is 0 Å². The van der Waals surface area contributed by atoms with Crippen molar-refractivity contribution in [2.24, 2.45) is 5.41 Å². The van der Waals surface area contributed by atoms with Crippen LogP contribution in [0, 0.1) is 17.3 Å². The van der Waals surface area contributed by atoms with E-state index in [9.17, 15) is 4.79 Å². The second-order valence-corrected chi connectivity index (χ2v) is 5.57. The van der Waals surface area contributed by atoms with Crippen molar-refractivity contribution in [2.75, 3.05) is 11.9 Å². The average molecular weight is 271 g/mol. The van der Waals surface area contributed by atoms with Crippen molar-refractivity contribution in [1.82, 2.24) is 0 Å². The van der Waals surface area contributed by atoms with Crippen LogP contribution < -0.4 is 5.32 Å². The fourth-order valence-corrected chi connectivity index (χ4v) is 2.52. The van der Waals surface area contributed by atoms with Gasteiger partial charge in [0.2, 0.25) is 5.91 Å². The van der Waals surface area contributed by atoms with Crippen LogP contribution in [-0.2, 0) is 4.79 Å². The fraction of sp³-hybridized carbons (Fsp3) is 0.471. The molecule has 1 fully saturated rings.